The number of likely N-dealkylation sites (N-methyl/N-ethyl adjacent to an activating group) is 1. The molecule has 2 aromatic rings. The van der Waals surface area contributed by atoms with Crippen molar-refractivity contribution < 1.29 is 4.79 Å². The third kappa shape index (κ3) is 3.20. The highest BCUT2D eigenvalue weighted by Gasteiger charge is 2.27. The summed E-state index contributed by atoms with van der Waals surface area (Å²) in [6.07, 6.45) is 5.45. The number of thiazole rings is 1. The van der Waals surface area contributed by atoms with Crippen LogP contribution in [0.4, 0.5) is 0 Å². The normalized spacial score (nSPS) is 17.3. The molecule has 3 rings (SSSR count). The highest BCUT2D eigenvalue weighted by atomic mass is 32.1. The predicted octanol–water partition coefficient (Wildman–Crippen LogP) is 4.03. The average molecular weight is 331 g/mol. The number of amides is 1. The molecule has 0 aliphatic heterocycles. The van der Waals surface area contributed by atoms with Crippen molar-refractivity contribution in [3.05, 3.63) is 39.6 Å². The molecule has 124 valence electrons. The van der Waals surface area contributed by atoms with Gasteiger partial charge in [0.05, 0.1) is 10.7 Å². The number of fused-ring (bicyclic) bond motifs is 1. The molecule has 0 aromatic carbocycles. The average Bonchev–Trinajstić information content (AvgIpc) is 3.12. The molecule has 0 N–H and O–H groups in total. The van der Waals surface area contributed by atoms with Gasteiger partial charge < -0.3 is 9.47 Å². The lowest BCUT2D eigenvalue weighted by Crippen LogP contribution is -2.33. The van der Waals surface area contributed by atoms with E-state index in [9.17, 15) is 4.79 Å². The molecule has 0 saturated carbocycles. The molecule has 1 amide bonds. The van der Waals surface area contributed by atoms with Gasteiger partial charge in [0.2, 0.25) is 0 Å². The number of hydrogen-bond donors (Lipinski definition) is 0. The van der Waals surface area contributed by atoms with Gasteiger partial charge in [-0.1, -0.05) is 0 Å². The summed E-state index contributed by atoms with van der Waals surface area (Å²) in [5, 5.41) is 1.14. The van der Waals surface area contributed by atoms with Gasteiger partial charge in [-0.25, -0.2) is 4.98 Å². The smallest absolute Gasteiger partial charge is 0.270 e. The molecule has 1 aliphatic rings. The lowest BCUT2D eigenvalue weighted by atomic mass is 9.90. The fraction of sp³-hybridized carbons (Fsp3) is 0.556. The Bertz CT molecular complexity index is 701. The first-order chi connectivity index (χ1) is 11.0. The van der Waals surface area contributed by atoms with Gasteiger partial charge in [0.1, 0.15) is 5.69 Å². The number of carbonyl (C=O) groups excluding carboxylic acids is 1. The summed E-state index contributed by atoms with van der Waals surface area (Å²) in [4.78, 5) is 20.8. The third-order valence-electron chi connectivity index (χ3n) is 4.57. The predicted molar refractivity (Wildman–Crippen MR) is 94.3 cm³/mol. The molecule has 5 heteroatoms. The molecule has 0 fully saturated rings. The molecule has 0 bridgehead atoms. The highest BCUT2D eigenvalue weighted by molar-refractivity contribution is 7.11. The number of hydrogen-bond acceptors (Lipinski definition) is 3. The summed E-state index contributed by atoms with van der Waals surface area (Å²) in [6, 6.07) is 4.15. The van der Waals surface area contributed by atoms with Gasteiger partial charge in [-0.15, -0.1) is 11.3 Å². The zero-order valence-electron chi connectivity index (χ0n) is 14.4. The van der Waals surface area contributed by atoms with Crippen LogP contribution in [0, 0.1) is 6.92 Å². The summed E-state index contributed by atoms with van der Waals surface area (Å²) < 4.78 is 2.04. The second-order valence-electron chi connectivity index (χ2n) is 6.71. The standard InChI is InChI=1S/C18H25N3OS/c1-12(2)21-10-6-8-15(21)18(22)20(4)11-14-7-5-9-16-17(14)19-13(3)23-16/h6,8,10,12,14H,5,7,9,11H2,1-4H3. The monoisotopic (exact) mass is 331 g/mol. The minimum Gasteiger partial charge on any atom is -0.341 e. The van der Waals surface area contributed by atoms with Crippen LogP contribution in [0.5, 0.6) is 0 Å². The van der Waals surface area contributed by atoms with Crippen LogP contribution in [0.15, 0.2) is 18.3 Å². The first-order valence-electron chi connectivity index (χ1n) is 8.36. The fourth-order valence-corrected chi connectivity index (χ4v) is 4.51. The number of aromatic nitrogens is 2. The van der Waals surface area contributed by atoms with Crippen molar-refractivity contribution in [2.24, 2.45) is 0 Å². The molecule has 1 atom stereocenters. The van der Waals surface area contributed by atoms with Crippen LogP contribution in [0.25, 0.3) is 0 Å². The van der Waals surface area contributed by atoms with E-state index in [1.807, 2.05) is 46.2 Å². The van der Waals surface area contributed by atoms with Crippen molar-refractivity contribution in [2.75, 3.05) is 13.6 Å². The molecule has 2 heterocycles. The minimum absolute atomic E-state index is 0.0998. The van der Waals surface area contributed by atoms with E-state index in [1.54, 1.807) is 0 Å². The van der Waals surface area contributed by atoms with Crippen LogP contribution in [0.2, 0.25) is 0 Å². The Hall–Kier alpha value is -1.62. The van der Waals surface area contributed by atoms with E-state index in [2.05, 4.69) is 20.8 Å². The lowest BCUT2D eigenvalue weighted by Gasteiger charge is -2.27. The van der Waals surface area contributed by atoms with Gasteiger partial charge in [-0.05, 0) is 52.2 Å². The Morgan fingerprint density at radius 3 is 3.04 bits per heavy atom. The second-order valence-corrected chi connectivity index (χ2v) is 8.00. The first kappa shape index (κ1) is 16.2. The molecule has 2 aromatic heterocycles. The zero-order valence-corrected chi connectivity index (χ0v) is 15.2. The van der Waals surface area contributed by atoms with E-state index < -0.39 is 0 Å². The molecule has 23 heavy (non-hydrogen) atoms. The van der Waals surface area contributed by atoms with E-state index >= 15 is 0 Å². The zero-order chi connectivity index (χ0) is 16.6. The largest absolute Gasteiger partial charge is 0.341 e. The van der Waals surface area contributed by atoms with E-state index in [0.717, 1.165) is 30.1 Å². The number of aryl methyl sites for hydroxylation is 2. The van der Waals surface area contributed by atoms with Crippen molar-refractivity contribution in [3.63, 3.8) is 0 Å². The maximum Gasteiger partial charge on any atom is 0.270 e. The molecule has 0 radical (unpaired) electrons. The van der Waals surface area contributed by atoms with Gasteiger partial charge in [-0.2, -0.15) is 0 Å². The first-order valence-corrected chi connectivity index (χ1v) is 9.17. The van der Waals surface area contributed by atoms with E-state index in [-0.39, 0.29) is 5.91 Å². The van der Waals surface area contributed by atoms with Crippen molar-refractivity contribution in [1.29, 1.82) is 0 Å². The summed E-state index contributed by atoms with van der Waals surface area (Å²) in [7, 11) is 1.91. The van der Waals surface area contributed by atoms with Crippen molar-refractivity contribution >= 4 is 17.2 Å². The summed E-state index contributed by atoms with van der Waals surface area (Å²) in [5.41, 5.74) is 2.01. The maximum absolute atomic E-state index is 12.8. The van der Waals surface area contributed by atoms with Crippen LogP contribution in [-0.2, 0) is 6.42 Å². The van der Waals surface area contributed by atoms with Gasteiger partial charge in [0, 0.05) is 36.6 Å². The van der Waals surface area contributed by atoms with Crippen LogP contribution >= 0.6 is 11.3 Å². The Morgan fingerprint density at radius 2 is 2.30 bits per heavy atom. The van der Waals surface area contributed by atoms with Crippen molar-refractivity contribution in [2.45, 2.75) is 52.0 Å². The summed E-state index contributed by atoms with van der Waals surface area (Å²) in [5.74, 6) is 0.475. The number of rotatable bonds is 4. The maximum atomic E-state index is 12.8. The molecule has 1 unspecified atom stereocenters. The van der Waals surface area contributed by atoms with E-state index in [0.29, 0.717) is 12.0 Å². The van der Waals surface area contributed by atoms with E-state index in [4.69, 9.17) is 4.98 Å². The number of carbonyl (C=O) groups is 1. The SMILES string of the molecule is Cc1nc2c(s1)CCCC2CN(C)C(=O)c1cccn1C(C)C. The van der Waals surface area contributed by atoms with Crippen molar-refractivity contribution in [3.8, 4) is 0 Å². The molecule has 1 aliphatic carbocycles. The number of nitrogens with zero attached hydrogens (tertiary/aromatic N) is 3. The molecular weight excluding hydrogens is 306 g/mol. The lowest BCUT2D eigenvalue weighted by molar-refractivity contribution is 0.0770. The quantitative estimate of drug-likeness (QED) is 0.848. The molecule has 4 nitrogen and oxygen atoms in total. The second kappa shape index (κ2) is 6.48. The Labute approximate surface area is 142 Å². The van der Waals surface area contributed by atoms with Crippen LogP contribution in [0.3, 0.4) is 0 Å². The van der Waals surface area contributed by atoms with Gasteiger partial charge >= 0.3 is 0 Å². The van der Waals surface area contributed by atoms with Crippen LogP contribution < -0.4 is 0 Å². The third-order valence-corrected chi connectivity index (χ3v) is 5.62. The van der Waals surface area contributed by atoms with Crippen molar-refractivity contribution in [1.82, 2.24) is 14.5 Å². The highest BCUT2D eigenvalue weighted by Crippen LogP contribution is 2.35. The minimum atomic E-state index is 0.0998. The summed E-state index contributed by atoms with van der Waals surface area (Å²) >= 11 is 1.81. The molecule has 0 spiro atoms. The van der Waals surface area contributed by atoms with Crippen LogP contribution in [-0.4, -0.2) is 34.0 Å². The fourth-order valence-electron chi connectivity index (χ4n) is 3.44. The van der Waals surface area contributed by atoms with Gasteiger partial charge in [0.15, 0.2) is 0 Å². The van der Waals surface area contributed by atoms with Gasteiger partial charge in [-0.3, -0.25) is 4.79 Å². The van der Waals surface area contributed by atoms with E-state index in [1.165, 1.54) is 17.0 Å². The van der Waals surface area contributed by atoms with Crippen LogP contribution in [0.1, 0.15) is 64.7 Å². The Balaban J connectivity index is 1.76. The molecular formula is C18H25N3OS. The van der Waals surface area contributed by atoms with Gasteiger partial charge in [0.25, 0.3) is 5.91 Å². The Morgan fingerprint density at radius 1 is 1.52 bits per heavy atom. The summed E-state index contributed by atoms with van der Waals surface area (Å²) in [6.45, 7) is 7.02. The molecule has 0 saturated heterocycles. The Kier molecular flexibility index (Phi) is 4.57. The topological polar surface area (TPSA) is 38.1 Å².